The van der Waals surface area contributed by atoms with Gasteiger partial charge in [-0.15, -0.1) is 0 Å². The second kappa shape index (κ2) is 4.79. The van der Waals surface area contributed by atoms with Gasteiger partial charge in [0, 0.05) is 19.0 Å². The number of likely N-dealkylation sites (tertiary alicyclic amines) is 1. The lowest BCUT2D eigenvalue weighted by Gasteiger charge is -2.16. The van der Waals surface area contributed by atoms with Crippen molar-refractivity contribution in [1.29, 1.82) is 0 Å². The molecule has 4 nitrogen and oxygen atoms in total. The van der Waals surface area contributed by atoms with Gasteiger partial charge in [-0.05, 0) is 31.7 Å². The monoisotopic (exact) mass is 287 g/mol. The van der Waals surface area contributed by atoms with Crippen molar-refractivity contribution in [3.8, 4) is 0 Å². The Hall–Kier alpha value is -1.53. The van der Waals surface area contributed by atoms with Crippen molar-refractivity contribution < 1.29 is 18.0 Å². The normalized spacial score (nSPS) is 19.6. The summed E-state index contributed by atoms with van der Waals surface area (Å²) in [5, 5.41) is 4.00. The van der Waals surface area contributed by atoms with Gasteiger partial charge in [-0.3, -0.25) is 9.48 Å². The summed E-state index contributed by atoms with van der Waals surface area (Å²) in [7, 11) is 0. The van der Waals surface area contributed by atoms with Crippen LogP contribution in [0.5, 0.6) is 0 Å². The molecule has 1 saturated carbocycles. The van der Waals surface area contributed by atoms with Gasteiger partial charge in [-0.25, -0.2) is 0 Å². The molecule has 0 spiro atoms. The fourth-order valence-electron chi connectivity index (χ4n) is 2.56. The molecular weight excluding hydrogens is 271 g/mol. The van der Waals surface area contributed by atoms with E-state index in [1.165, 1.54) is 0 Å². The summed E-state index contributed by atoms with van der Waals surface area (Å²) < 4.78 is 39.8. The maximum atomic E-state index is 13.0. The fraction of sp³-hybridized carbons (Fsp3) is 0.692. The molecule has 1 aromatic heterocycles. The number of nitrogens with zero attached hydrogens (tertiary/aromatic N) is 3. The van der Waals surface area contributed by atoms with Gasteiger partial charge in [0.2, 0.25) is 5.91 Å². The average Bonchev–Trinajstić information content (AvgIpc) is 2.91. The lowest BCUT2D eigenvalue weighted by atomic mass is 10.2. The molecule has 2 heterocycles. The predicted molar refractivity (Wildman–Crippen MR) is 65.0 cm³/mol. The lowest BCUT2D eigenvalue weighted by Crippen LogP contribution is -2.32. The molecule has 1 aromatic rings. The van der Waals surface area contributed by atoms with E-state index in [4.69, 9.17) is 0 Å². The molecule has 110 valence electrons. The first kappa shape index (κ1) is 13.5. The van der Waals surface area contributed by atoms with Crippen molar-refractivity contribution in [3.63, 3.8) is 0 Å². The zero-order valence-corrected chi connectivity index (χ0v) is 11.0. The Labute approximate surface area is 114 Å². The number of carbonyl (C=O) groups excluding carboxylic acids is 1. The molecule has 0 bridgehead atoms. The molecule has 20 heavy (non-hydrogen) atoms. The van der Waals surface area contributed by atoms with Gasteiger partial charge < -0.3 is 4.90 Å². The Morgan fingerprint density at radius 1 is 1.30 bits per heavy atom. The van der Waals surface area contributed by atoms with Crippen molar-refractivity contribution in [2.45, 2.75) is 44.3 Å². The van der Waals surface area contributed by atoms with Crippen LogP contribution in [-0.2, 0) is 17.5 Å². The van der Waals surface area contributed by atoms with Crippen LogP contribution < -0.4 is 0 Å². The van der Waals surface area contributed by atoms with Gasteiger partial charge in [0.1, 0.15) is 12.2 Å². The van der Waals surface area contributed by atoms with Crippen LogP contribution in [0.2, 0.25) is 0 Å². The number of hydrogen-bond acceptors (Lipinski definition) is 2. The van der Waals surface area contributed by atoms with Crippen LogP contribution in [0.4, 0.5) is 13.2 Å². The first-order valence-electron chi connectivity index (χ1n) is 6.88. The minimum atomic E-state index is -4.47. The van der Waals surface area contributed by atoms with Gasteiger partial charge in [-0.2, -0.15) is 18.3 Å². The fourth-order valence-corrected chi connectivity index (χ4v) is 2.56. The maximum Gasteiger partial charge on any atom is 0.433 e. The lowest BCUT2D eigenvalue weighted by molar-refractivity contribution is -0.145. The van der Waals surface area contributed by atoms with E-state index in [9.17, 15) is 18.0 Å². The van der Waals surface area contributed by atoms with Crippen molar-refractivity contribution >= 4 is 5.91 Å². The molecule has 2 fully saturated rings. The van der Waals surface area contributed by atoms with Crippen LogP contribution >= 0.6 is 0 Å². The molecule has 0 aromatic carbocycles. The molecule has 1 amide bonds. The Bertz CT molecular complexity index is 513. The standard InChI is InChI=1S/C13H16F3N3O/c14-13(15,16)11-7-10(9-3-4-9)17-19(11)8-12(20)18-5-1-2-6-18/h7,9H,1-6,8H2. The minimum absolute atomic E-state index is 0.138. The molecule has 0 unspecified atom stereocenters. The molecule has 0 radical (unpaired) electrons. The van der Waals surface area contributed by atoms with E-state index in [2.05, 4.69) is 5.10 Å². The highest BCUT2D eigenvalue weighted by atomic mass is 19.4. The number of aromatic nitrogens is 2. The SMILES string of the molecule is O=C(Cn1nc(C2CC2)cc1C(F)(F)F)N1CCCC1. The summed E-state index contributed by atoms with van der Waals surface area (Å²) in [4.78, 5) is 13.6. The third-order valence-corrected chi connectivity index (χ3v) is 3.83. The summed E-state index contributed by atoms with van der Waals surface area (Å²) in [5.74, 6) is -0.141. The average molecular weight is 287 g/mol. The molecule has 1 aliphatic heterocycles. The molecule has 7 heteroatoms. The van der Waals surface area contributed by atoms with Crippen molar-refractivity contribution in [2.24, 2.45) is 0 Å². The van der Waals surface area contributed by atoms with E-state index in [-0.39, 0.29) is 18.4 Å². The molecule has 2 aliphatic rings. The van der Waals surface area contributed by atoms with E-state index in [0.717, 1.165) is 36.4 Å². The van der Waals surface area contributed by atoms with E-state index < -0.39 is 11.9 Å². The molecular formula is C13H16F3N3O. The molecule has 1 aliphatic carbocycles. The minimum Gasteiger partial charge on any atom is -0.341 e. The van der Waals surface area contributed by atoms with E-state index in [1.807, 2.05) is 0 Å². The maximum absolute atomic E-state index is 13.0. The Balaban J connectivity index is 1.81. The first-order valence-corrected chi connectivity index (χ1v) is 6.88. The van der Waals surface area contributed by atoms with Crippen molar-refractivity contribution in [3.05, 3.63) is 17.5 Å². The van der Waals surface area contributed by atoms with Gasteiger partial charge in [0.25, 0.3) is 0 Å². The summed E-state index contributed by atoms with van der Waals surface area (Å²) >= 11 is 0. The highest BCUT2D eigenvalue weighted by molar-refractivity contribution is 5.76. The smallest absolute Gasteiger partial charge is 0.341 e. The van der Waals surface area contributed by atoms with Crippen LogP contribution in [-0.4, -0.2) is 33.7 Å². The zero-order chi connectivity index (χ0) is 14.3. The summed E-state index contributed by atoms with van der Waals surface area (Å²) in [5.41, 5.74) is -0.349. The summed E-state index contributed by atoms with van der Waals surface area (Å²) in [6.45, 7) is 0.954. The third kappa shape index (κ3) is 2.66. The third-order valence-electron chi connectivity index (χ3n) is 3.83. The number of carbonyl (C=O) groups is 1. The van der Waals surface area contributed by atoms with Gasteiger partial charge in [0.05, 0.1) is 5.69 Å². The van der Waals surface area contributed by atoms with Crippen molar-refractivity contribution in [1.82, 2.24) is 14.7 Å². The number of amides is 1. The van der Waals surface area contributed by atoms with Gasteiger partial charge in [0.15, 0.2) is 0 Å². The van der Waals surface area contributed by atoms with Crippen LogP contribution in [0.15, 0.2) is 6.07 Å². The molecule has 0 atom stereocenters. The highest BCUT2D eigenvalue weighted by Gasteiger charge is 2.39. The number of rotatable bonds is 3. The zero-order valence-electron chi connectivity index (χ0n) is 11.0. The molecule has 1 saturated heterocycles. The molecule has 3 rings (SSSR count). The largest absolute Gasteiger partial charge is 0.433 e. The summed E-state index contributed by atoms with van der Waals surface area (Å²) in [6.07, 6.45) is -0.858. The number of hydrogen-bond donors (Lipinski definition) is 0. The highest BCUT2D eigenvalue weighted by Crippen LogP contribution is 2.41. The van der Waals surface area contributed by atoms with Crippen LogP contribution in [0, 0.1) is 0 Å². The topological polar surface area (TPSA) is 38.1 Å². The van der Waals surface area contributed by atoms with Crippen LogP contribution in [0.3, 0.4) is 0 Å². The van der Waals surface area contributed by atoms with Crippen LogP contribution in [0.25, 0.3) is 0 Å². The predicted octanol–water partition coefficient (Wildman–Crippen LogP) is 2.40. The quantitative estimate of drug-likeness (QED) is 0.856. The second-order valence-corrected chi connectivity index (χ2v) is 5.47. The second-order valence-electron chi connectivity index (χ2n) is 5.47. The van der Waals surface area contributed by atoms with Crippen LogP contribution in [0.1, 0.15) is 43.0 Å². The first-order chi connectivity index (χ1) is 9.45. The Kier molecular flexibility index (Phi) is 3.22. The summed E-state index contributed by atoms with van der Waals surface area (Å²) in [6, 6.07) is 1.09. The van der Waals surface area contributed by atoms with Crippen molar-refractivity contribution in [2.75, 3.05) is 13.1 Å². The van der Waals surface area contributed by atoms with E-state index >= 15 is 0 Å². The molecule has 0 N–H and O–H groups in total. The van der Waals surface area contributed by atoms with Gasteiger partial charge >= 0.3 is 6.18 Å². The Morgan fingerprint density at radius 2 is 1.95 bits per heavy atom. The van der Waals surface area contributed by atoms with E-state index in [0.29, 0.717) is 18.8 Å². The van der Waals surface area contributed by atoms with Gasteiger partial charge in [-0.1, -0.05) is 0 Å². The Morgan fingerprint density at radius 3 is 2.50 bits per heavy atom. The number of halogens is 3. The van der Waals surface area contributed by atoms with E-state index in [1.54, 1.807) is 4.90 Å². The number of alkyl halides is 3.